The minimum absolute atomic E-state index is 0.0339. The van der Waals surface area contributed by atoms with Crippen LogP contribution in [0.25, 0.3) is 0 Å². The summed E-state index contributed by atoms with van der Waals surface area (Å²) in [5, 5.41) is 12.4. The molecule has 2 heterocycles. The summed E-state index contributed by atoms with van der Waals surface area (Å²) in [6.45, 7) is 6.61. The van der Waals surface area contributed by atoms with E-state index in [9.17, 15) is 4.79 Å². The Morgan fingerprint density at radius 1 is 1.22 bits per heavy atom. The normalized spacial score (nSPS) is 14.3. The van der Waals surface area contributed by atoms with Crippen LogP contribution in [0.15, 0.2) is 35.5 Å². The van der Waals surface area contributed by atoms with Crippen LogP contribution in [-0.4, -0.2) is 59.3 Å². The van der Waals surface area contributed by atoms with Crippen molar-refractivity contribution in [3.05, 3.63) is 35.9 Å². The number of thioether (sulfide) groups is 1. The number of ether oxygens (including phenoxy) is 1. The molecule has 0 aliphatic carbocycles. The van der Waals surface area contributed by atoms with E-state index >= 15 is 0 Å². The number of rotatable bonds is 9. The highest BCUT2D eigenvalue weighted by Crippen LogP contribution is 2.22. The Hall–Kier alpha value is -2.06. The third-order valence-electron chi connectivity index (χ3n) is 4.45. The maximum absolute atomic E-state index is 12.1. The summed E-state index contributed by atoms with van der Waals surface area (Å²) >= 11 is 1.44. The third-order valence-corrected chi connectivity index (χ3v) is 5.41. The Morgan fingerprint density at radius 3 is 2.74 bits per heavy atom. The van der Waals surface area contributed by atoms with E-state index in [2.05, 4.69) is 44.0 Å². The van der Waals surface area contributed by atoms with Crippen molar-refractivity contribution in [3.8, 4) is 0 Å². The maximum atomic E-state index is 12.1. The van der Waals surface area contributed by atoms with Crippen molar-refractivity contribution >= 4 is 23.6 Å². The van der Waals surface area contributed by atoms with Crippen molar-refractivity contribution in [2.75, 3.05) is 43.5 Å². The standard InChI is InChI=1S/C19H27N5O2S/c1-2-24-18(23-11-13-26-14-12-23)21-22-19(24)27-15-17(25)20-10-6-9-16-7-4-3-5-8-16/h3-5,7-8H,2,6,9-15H2,1H3,(H,20,25). The van der Waals surface area contributed by atoms with Crippen LogP contribution in [0.4, 0.5) is 5.95 Å². The van der Waals surface area contributed by atoms with Crippen molar-refractivity contribution in [1.82, 2.24) is 20.1 Å². The lowest BCUT2D eigenvalue weighted by atomic mass is 10.1. The lowest BCUT2D eigenvalue weighted by molar-refractivity contribution is -0.118. The average Bonchev–Trinajstić information content (AvgIpc) is 3.14. The Labute approximate surface area is 164 Å². The fourth-order valence-corrected chi connectivity index (χ4v) is 3.84. The number of nitrogens with one attached hydrogen (secondary N) is 1. The molecule has 1 aliphatic heterocycles. The van der Waals surface area contributed by atoms with Crippen molar-refractivity contribution in [1.29, 1.82) is 0 Å². The fraction of sp³-hybridized carbons (Fsp3) is 0.526. The van der Waals surface area contributed by atoms with E-state index in [0.717, 1.165) is 43.6 Å². The van der Waals surface area contributed by atoms with Crippen molar-refractivity contribution in [3.63, 3.8) is 0 Å². The minimum atomic E-state index is 0.0339. The average molecular weight is 390 g/mol. The van der Waals surface area contributed by atoms with Gasteiger partial charge >= 0.3 is 0 Å². The zero-order valence-electron chi connectivity index (χ0n) is 15.8. The van der Waals surface area contributed by atoms with Crippen molar-refractivity contribution in [2.45, 2.75) is 31.5 Å². The second-order valence-corrected chi connectivity index (χ2v) is 7.30. The summed E-state index contributed by atoms with van der Waals surface area (Å²) in [5.74, 6) is 1.25. The van der Waals surface area contributed by atoms with Gasteiger partial charge in [0, 0.05) is 26.2 Å². The van der Waals surface area contributed by atoms with Crippen LogP contribution in [0.5, 0.6) is 0 Å². The molecule has 1 fully saturated rings. The number of amides is 1. The van der Waals surface area contributed by atoms with Gasteiger partial charge in [0.2, 0.25) is 11.9 Å². The molecule has 0 unspecified atom stereocenters. The summed E-state index contributed by atoms with van der Waals surface area (Å²) in [5.41, 5.74) is 1.30. The molecule has 0 atom stereocenters. The molecule has 7 nitrogen and oxygen atoms in total. The fourth-order valence-electron chi connectivity index (χ4n) is 3.01. The second-order valence-electron chi connectivity index (χ2n) is 6.35. The van der Waals surface area contributed by atoms with E-state index in [0.29, 0.717) is 25.5 Å². The molecule has 1 amide bonds. The molecule has 8 heteroatoms. The van der Waals surface area contributed by atoms with Crippen LogP contribution < -0.4 is 10.2 Å². The topological polar surface area (TPSA) is 72.3 Å². The predicted molar refractivity (Wildman–Crippen MR) is 107 cm³/mol. The number of carbonyl (C=O) groups excluding carboxylic acids is 1. The maximum Gasteiger partial charge on any atom is 0.230 e. The summed E-state index contributed by atoms with van der Waals surface area (Å²) in [7, 11) is 0. The highest BCUT2D eigenvalue weighted by atomic mass is 32.2. The van der Waals surface area contributed by atoms with Crippen LogP contribution in [0.2, 0.25) is 0 Å². The van der Waals surface area contributed by atoms with E-state index in [-0.39, 0.29) is 5.91 Å². The molecular weight excluding hydrogens is 362 g/mol. The molecule has 1 N–H and O–H groups in total. The number of morpholine rings is 1. The molecule has 2 aromatic rings. The number of carbonyl (C=O) groups is 1. The summed E-state index contributed by atoms with van der Waals surface area (Å²) in [4.78, 5) is 14.3. The Morgan fingerprint density at radius 2 is 2.00 bits per heavy atom. The molecule has 0 bridgehead atoms. The Balaban J connectivity index is 1.42. The highest BCUT2D eigenvalue weighted by molar-refractivity contribution is 7.99. The van der Waals surface area contributed by atoms with Crippen molar-refractivity contribution < 1.29 is 9.53 Å². The molecule has 0 spiro atoms. The molecule has 0 radical (unpaired) electrons. The smallest absolute Gasteiger partial charge is 0.230 e. The number of hydrogen-bond acceptors (Lipinski definition) is 6. The minimum Gasteiger partial charge on any atom is -0.378 e. The van der Waals surface area contributed by atoms with Crippen molar-refractivity contribution in [2.24, 2.45) is 0 Å². The molecule has 1 saturated heterocycles. The van der Waals surface area contributed by atoms with Gasteiger partial charge < -0.3 is 15.0 Å². The summed E-state index contributed by atoms with van der Waals surface area (Å²) in [6.07, 6.45) is 1.91. The number of nitrogens with zero attached hydrogens (tertiary/aromatic N) is 4. The van der Waals surface area contributed by atoms with Crippen LogP contribution in [-0.2, 0) is 22.5 Å². The van der Waals surface area contributed by atoms with Gasteiger partial charge in [0.05, 0.1) is 19.0 Å². The van der Waals surface area contributed by atoms with Crippen LogP contribution >= 0.6 is 11.8 Å². The van der Waals surface area contributed by atoms with E-state index in [4.69, 9.17) is 4.74 Å². The van der Waals surface area contributed by atoms with Crippen LogP contribution in [0, 0.1) is 0 Å². The molecular formula is C19H27N5O2S. The van der Waals surface area contributed by atoms with Gasteiger partial charge in [-0.05, 0) is 25.3 Å². The molecule has 0 saturated carbocycles. The first-order chi connectivity index (χ1) is 13.3. The first-order valence-corrected chi connectivity index (χ1v) is 10.5. The molecule has 3 rings (SSSR count). The molecule has 1 aromatic heterocycles. The Bertz CT molecular complexity index is 716. The van der Waals surface area contributed by atoms with E-state index < -0.39 is 0 Å². The van der Waals surface area contributed by atoms with Gasteiger partial charge in [0.25, 0.3) is 0 Å². The lowest BCUT2D eigenvalue weighted by Crippen LogP contribution is -2.38. The number of benzene rings is 1. The molecule has 146 valence electrons. The van der Waals surface area contributed by atoms with Crippen LogP contribution in [0.1, 0.15) is 18.9 Å². The first-order valence-electron chi connectivity index (χ1n) is 9.47. The van der Waals surface area contributed by atoms with E-state index in [1.807, 2.05) is 18.2 Å². The number of aryl methyl sites for hydroxylation is 1. The zero-order valence-corrected chi connectivity index (χ0v) is 16.6. The van der Waals surface area contributed by atoms with Gasteiger partial charge in [-0.1, -0.05) is 42.1 Å². The van der Waals surface area contributed by atoms with Gasteiger partial charge in [-0.2, -0.15) is 0 Å². The monoisotopic (exact) mass is 389 g/mol. The molecule has 1 aromatic carbocycles. The van der Waals surface area contributed by atoms with Gasteiger partial charge in [-0.3, -0.25) is 9.36 Å². The lowest BCUT2D eigenvalue weighted by Gasteiger charge is -2.27. The quantitative estimate of drug-likeness (QED) is 0.522. The van der Waals surface area contributed by atoms with Gasteiger partial charge in [-0.25, -0.2) is 0 Å². The third kappa shape index (κ3) is 5.71. The second kappa shape index (κ2) is 10.3. The van der Waals surface area contributed by atoms with Crippen LogP contribution in [0.3, 0.4) is 0 Å². The summed E-state index contributed by atoms with van der Waals surface area (Å²) in [6, 6.07) is 10.3. The number of anilines is 1. The van der Waals surface area contributed by atoms with Gasteiger partial charge in [0.1, 0.15) is 0 Å². The zero-order chi connectivity index (χ0) is 18.9. The molecule has 1 aliphatic rings. The molecule has 27 heavy (non-hydrogen) atoms. The first kappa shape index (κ1) is 19.7. The SMILES string of the molecule is CCn1c(SCC(=O)NCCCc2ccccc2)nnc1N1CCOCC1. The Kier molecular flexibility index (Phi) is 7.53. The van der Waals surface area contributed by atoms with E-state index in [1.54, 1.807) is 0 Å². The van der Waals surface area contributed by atoms with Gasteiger partial charge in [-0.15, -0.1) is 10.2 Å². The van der Waals surface area contributed by atoms with E-state index in [1.165, 1.54) is 17.3 Å². The largest absolute Gasteiger partial charge is 0.378 e. The number of aromatic nitrogens is 3. The predicted octanol–water partition coefficient (Wildman–Crippen LogP) is 1.98. The van der Waals surface area contributed by atoms with Gasteiger partial charge in [0.15, 0.2) is 5.16 Å². The number of hydrogen-bond donors (Lipinski definition) is 1. The summed E-state index contributed by atoms with van der Waals surface area (Å²) < 4.78 is 7.47. The highest BCUT2D eigenvalue weighted by Gasteiger charge is 2.20.